The number of nitrogens with zero attached hydrogens (tertiary/aromatic N) is 1. The molecule has 1 aliphatic carbocycles. The monoisotopic (exact) mass is 219 g/mol. The summed E-state index contributed by atoms with van der Waals surface area (Å²) in [6, 6.07) is 6.84. The second-order valence-corrected chi connectivity index (χ2v) is 5.85. The van der Waals surface area contributed by atoms with Gasteiger partial charge in [0.15, 0.2) is 0 Å². The van der Waals surface area contributed by atoms with Gasteiger partial charge in [0.05, 0.1) is 11.5 Å². The maximum atomic E-state index is 9.32. The molecule has 1 aromatic rings. The highest BCUT2D eigenvalue weighted by Gasteiger charge is 2.37. The second kappa shape index (κ2) is 4.37. The largest absolute Gasteiger partial charge is 0.198 e. The van der Waals surface area contributed by atoms with E-state index in [1.807, 2.05) is 0 Å². The van der Waals surface area contributed by atoms with Crippen LogP contribution in [0, 0.1) is 22.7 Å². The second-order valence-electron chi connectivity index (χ2n) is 4.82. The van der Waals surface area contributed by atoms with Gasteiger partial charge in [0.2, 0.25) is 0 Å². The summed E-state index contributed by atoms with van der Waals surface area (Å²) in [5, 5.41) is 11.4. The van der Waals surface area contributed by atoms with E-state index in [1.54, 1.807) is 11.3 Å². The van der Waals surface area contributed by atoms with Gasteiger partial charge in [-0.2, -0.15) is 5.26 Å². The van der Waals surface area contributed by atoms with E-state index in [-0.39, 0.29) is 5.41 Å². The molecule has 1 aromatic heterocycles. The van der Waals surface area contributed by atoms with Crippen LogP contribution in [0.5, 0.6) is 0 Å². The summed E-state index contributed by atoms with van der Waals surface area (Å²) in [5.74, 6) is 0.744. The molecular formula is C13H17NS. The zero-order chi connectivity index (χ0) is 10.7. The summed E-state index contributed by atoms with van der Waals surface area (Å²) in [5.41, 5.74) is -0.0105. The molecule has 0 spiro atoms. The van der Waals surface area contributed by atoms with Crippen LogP contribution < -0.4 is 0 Å². The minimum atomic E-state index is -0.0105. The van der Waals surface area contributed by atoms with Crippen LogP contribution >= 0.6 is 11.3 Å². The molecular weight excluding hydrogens is 202 g/mol. The zero-order valence-electron chi connectivity index (χ0n) is 9.20. The first-order valence-corrected chi connectivity index (χ1v) is 6.56. The van der Waals surface area contributed by atoms with Crippen molar-refractivity contribution in [1.82, 2.24) is 0 Å². The molecule has 0 N–H and O–H groups in total. The first-order chi connectivity index (χ1) is 7.24. The third-order valence-corrected chi connectivity index (χ3v) is 4.46. The van der Waals surface area contributed by atoms with E-state index in [4.69, 9.17) is 0 Å². The van der Waals surface area contributed by atoms with Crippen molar-refractivity contribution >= 4 is 11.3 Å². The molecule has 1 saturated carbocycles. The molecule has 1 aliphatic rings. The Hall–Kier alpha value is -0.810. The Kier molecular flexibility index (Phi) is 3.11. The summed E-state index contributed by atoms with van der Waals surface area (Å²) >= 11 is 1.81. The van der Waals surface area contributed by atoms with Crippen LogP contribution in [0.1, 0.15) is 37.5 Å². The van der Waals surface area contributed by atoms with E-state index < -0.39 is 0 Å². The standard InChI is InChI=1S/C13H17NS/c1-11-4-6-13(9-11,10-14)7-5-12-3-2-8-15-12/h2-3,8,11H,4-7,9H2,1H3. The minimum absolute atomic E-state index is 0.0105. The van der Waals surface area contributed by atoms with Gasteiger partial charge in [0.1, 0.15) is 0 Å². The van der Waals surface area contributed by atoms with E-state index in [0.29, 0.717) is 0 Å². The smallest absolute Gasteiger partial charge is 0.0689 e. The van der Waals surface area contributed by atoms with Crippen LogP contribution in [-0.4, -0.2) is 0 Å². The Labute approximate surface area is 95.7 Å². The van der Waals surface area contributed by atoms with Crippen LogP contribution in [0.4, 0.5) is 0 Å². The first-order valence-electron chi connectivity index (χ1n) is 5.68. The summed E-state index contributed by atoms with van der Waals surface area (Å²) in [4.78, 5) is 1.42. The molecule has 0 amide bonds. The molecule has 1 heterocycles. The lowest BCUT2D eigenvalue weighted by Crippen LogP contribution is -2.15. The fourth-order valence-electron chi connectivity index (χ4n) is 2.60. The van der Waals surface area contributed by atoms with Crippen LogP contribution in [0.3, 0.4) is 0 Å². The van der Waals surface area contributed by atoms with Gasteiger partial charge in [0.25, 0.3) is 0 Å². The third kappa shape index (κ3) is 2.41. The van der Waals surface area contributed by atoms with Crippen molar-refractivity contribution in [3.05, 3.63) is 22.4 Å². The zero-order valence-corrected chi connectivity index (χ0v) is 10.0. The predicted octanol–water partition coefficient (Wildman–Crippen LogP) is 4.01. The predicted molar refractivity (Wildman–Crippen MR) is 63.7 cm³/mol. The van der Waals surface area contributed by atoms with Gasteiger partial charge < -0.3 is 0 Å². The van der Waals surface area contributed by atoms with Gasteiger partial charge in [0, 0.05) is 4.88 Å². The molecule has 2 atom stereocenters. The maximum Gasteiger partial charge on any atom is 0.0689 e. The van der Waals surface area contributed by atoms with Gasteiger partial charge in [-0.05, 0) is 49.5 Å². The van der Waals surface area contributed by atoms with Crippen molar-refractivity contribution in [2.45, 2.75) is 39.0 Å². The molecule has 80 valence electrons. The Balaban J connectivity index is 1.95. The molecule has 0 aliphatic heterocycles. The fraction of sp³-hybridized carbons (Fsp3) is 0.615. The van der Waals surface area contributed by atoms with Crippen molar-refractivity contribution in [2.24, 2.45) is 11.3 Å². The molecule has 2 rings (SSSR count). The quantitative estimate of drug-likeness (QED) is 0.753. The van der Waals surface area contributed by atoms with E-state index in [0.717, 1.165) is 31.6 Å². The van der Waals surface area contributed by atoms with Gasteiger partial charge in [-0.1, -0.05) is 13.0 Å². The normalized spacial score (nSPS) is 30.3. The van der Waals surface area contributed by atoms with Crippen LogP contribution in [-0.2, 0) is 6.42 Å². The van der Waals surface area contributed by atoms with Gasteiger partial charge in [-0.25, -0.2) is 0 Å². The van der Waals surface area contributed by atoms with Crippen LogP contribution in [0.2, 0.25) is 0 Å². The lowest BCUT2D eigenvalue weighted by atomic mass is 9.82. The van der Waals surface area contributed by atoms with Crippen LogP contribution in [0.25, 0.3) is 0 Å². The summed E-state index contributed by atoms with van der Waals surface area (Å²) in [7, 11) is 0. The highest BCUT2D eigenvalue weighted by Crippen LogP contribution is 2.44. The molecule has 0 bridgehead atoms. The van der Waals surface area contributed by atoms with Crippen LogP contribution in [0.15, 0.2) is 17.5 Å². The number of thiophene rings is 1. The molecule has 1 nitrogen and oxygen atoms in total. The molecule has 2 heteroatoms. The molecule has 0 radical (unpaired) electrons. The lowest BCUT2D eigenvalue weighted by Gasteiger charge is -2.19. The van der Waals surface area contributed by atoms with Crippen molar-refractivity contribution in [2.75, 3.05) is 0 Å². The first kappa shape index (κ1) is 10.7. The number of rotatable bonds is 3. The molecule has 15 heavy (non-hydrogen) atoms. The Morgan fingerprint density at radius 1 is 1.67 bits per heavy atom. The Morgan fingerprint density at radius 2 is 2.53 bits per heavy atom. The maximum absolute atomic E-state index is 9.32. The van der Waals surface area contributed by atoms with E-state index in [9.17, 15) is 5.26 Å². The average molecular weight is 219 g/mol. The van der Waals surface area contributed by atoms with E-state index >= 15 is 0 Å². The Bertz CT molecular complexity index is 349. The molecule has 1 fully saturated rings. The number of hydrogen-bond acceptors (Lipinski definition) is 2. The van der Waals surface area contributed by atoms with Gasteiger partial charge >= 0.3 is 0 Å². The van der Waals surface area contributed by atoms with Crippen molar-refractivity contribution < 1.29 is 0 Å². The average Bonchev–Trinajstić information content (AvgIpc) is 2.85. The van der Waals surface area contributed by atoms with Gasteiger partial charge in [-0.15, -0.1) is 11.3 Å². The lowest BCUT2D eigenvalue weighted by molar-refractivity contribution is 0.364. The van der Waals surface area contributed by atoms with E-state index in [2.05, 4.69) is 30.5 Å². The third-order valence-electron chi connectivity index (χ3n) is 3.52. The fourth-order valence-corrected chi connectivity index (χ4v) is 3.30. The summed E-state index contributed by atoms with van der Waals surface area (Å²) in [6.45, 7) is 2.27. The van der Waals surface area contributed by atoms with Crippen molar-refractivity contribution in [3.8, 4) is 6.07 Å². The number of hydrogen-bond donors (Lipinski definition) is 0. The highest BCUT2D eigenvalue weighted by molar-refractivity contribution is 7.09. The van der Waals surface area contributed by atoms with Crippen molar-refractivity contribution in [1.29, 1.82) is 5.26 Å². The molecule has 2 unspecified atom stereocenters. The SMILES string of the molecule is CC1CCC(C#N)(CCc2cccs2)C1. The number of aryl methyl sites for hydroxylation is 1. The van der Waals surface area contributed by atoms with Crippen molar-refractivity contribution in [3.63, 3.8) is 0 Å². The van der Waals surface area contributed by atoms with Gasteiger partial charge in [-0.3, -0.25) is 0 Å². The summed E-state index contributed by atoms with van der Waals surface area (Å²) < 4.78 is 0. The molecule has 0 saturated heterocycles. The molecule has 0 aromatic carbocycles. The highest BCUT2D eigenvalue weighted by atomic mass is 32.1. The number of nitriles is 1. The minimum Gasteiger partial charge on any atom is -0.198 e. The van der Waals surface area contributed by atoms with E-state index in [1.165, 1.54) is 11.3 Å². The topological polar surface area (TPSA) is 23.8 Å². The Morgan fingerprint density at radius 3 is 3.07 bits per heavy atom. The summed E-state index contributed by atoms with van der Waals surface area (Å²) in [6.07, 6.45) is 5.58.